The van der Waals surface area contributed by atoms with Gasteiger partial charge in [0, 0.05) is 0 Å². The van der Waals surface area contributed by atoms with Crippen molar-refractivity contribution in [1.29, 1.82) is 0 Å². The van der Waals surface area contributed by atoms with Gasteiger partial charge in [-0.05, 0) is 30.0 Å². The Kier molecular flexibility index (Phi) is 5.96. The van der Waals surface area contributed by atoms with Gasteiger partial charge in [-0.25, -0.2) is 0 Å². The molecule has 1 aromatic carbocycles. The highest BCUT2D eigenvalue weighted by Crippen LogP contribution is 2.26. The number of ether oxygens (including phenoxy) is 2. The minimum absolute atomic E-state index is 0.347. The fourth-order valence-electron chi connectivity index (χ4n) is 2.59. The van der Waals surface area contributed by atoms with Gasteiger partial charge in [-0.15, -0.1) is 0 Å². The summed E-state index contributed by atoms with van der Waals surface area (Å²) in [5.74, 6) is 1.73. The molecule has 0 atom stereocenters. The molecule has 0 N–H and O–H groups in total. The molecule has 0 spiro atoms. The second kappa shape index (κ2) is 8.00. The SMILES string of the molecule is C=Cc1ccc(OCOCCC2CCCCC2)cc1. The summed E-state index contributed by atoms with van der Waals surface area (Å²) in [5, 5.41) is 0. The zero-order chi connectivity index (χ0) is 13.3. The lowest BCUT2D eigenvalue weighted by molar-refractivity contribution is 0.00764. The largest absolute Gasteiger partial charge is 0.468 e. The Morgan fingerprint density at radius 2 is 1.84 bits per heavy atom. The fourth-order valence-corrected chi connectivity index (χ4v) is 2.59. The average Bonchev–Trinajstić information content (AvgIpc) is 2.49. The molecule has 2 rings (SSSR count). The van der Waals surface area contributed by atoms with Crippen LogP contribution >= 0.6 is 0 Å². The Morgan fingerprint density at radius 1 is 1.11 bits per heavy atom. The van der Waals surface area contributed by atoms with E-state index >= 15 is 0 Å². The number of rotatable bonds is 7. The molecule has 0 heterocycles. The highest BCUT2D eigenvalue weighted by atomic mass is 16.7. The van der Waals surface area contributed by atoms with Gasteiger partial charge in [0.2, 0.25) is 0 Å². The van der Waals surface area contributed by atoms with Gasteiger partial charge in [0.05, 0.1) is 6.61 Å². The molecular weight excluding hydrogens is 236 g/mol. The van der Waals surface area contributed by atoms with Crippen LogP contribution in [-0.2, 0) is 4.74 Å². The van der Waals surface area contributed by atoms with Gasteiger partial charge in [0.25, 0.3) is 0 Å². The predicted octanol–water partition coefficient (Wildman–Crippen LogP) is 4.65. The summed E-state index contributed by atoms with van der Waals surface area (Å²) in [6, 6.07) is 7.87. The van der Waals surface area contributed by atoms with Crippen molar-refractivity contribution in [3.63, 3.8) is 0 Å². The topological polar surface area (TPSA) is 18.5 Å². The fraction of sp³-hybridized carbons (Fsp3) is 0.529. The average molecular weight is 260 g/mol. The van der Waals surface area contributed by atoms with Crippen LogP contribution in [0.4, 0.5) is 0 Å². The summed E-state index contributed by atoms with van der Waals surface area (Å²) >= 11 is 0. The molecule has 104 valence electrons. The van der Waals surface area contributed by atoms with Crippen LogP contribution in [-0.4, -0.2) is 13.4 Å². The third-order valence-electron chi connectivity index (χ3n) is 3.82. The maximum absolute atomic E-state index is 5.55. The Hall–Kier alpha value is -1.28. The van der Waals surface area contributed by atoms with E-state index in [9.17, 15) is 0 Å². The first kappa shape index (κ1) is 14.1. The first-order chi connectivity index (χ1) is 9.38. The van der Waals surface area contributed by atoms with Gasteiger partial charge in [-0.1, -0.05) is 56.9 Å². The van der Waals surface area contributed by atoms with E-state index in [0.717, 1.165) is 23.8 Å². The van der Waals surface area contributed by atoms with Crippen LogP contribution in [0.1, 0.15) is 44.1 Å². The van der Waals surface area contributed by atoms with Gasteiger partial charge >= 0.3 is 0 Å². The summed E-state index contributed by atoms with van der Waals surface area (Å²) in [6.45, 7) is 4.89. The van der Waals surface area contributed by atoms with E-state index in [1.54, 1.807) is 0 Å². The molecule has 1 aromatic rings. The van der Waals surface area contributed by atoms with E-state index in [4.69, 9.17) is 9.47 Å². The number of hydrogen-bond acceptors (Lipinski definition) is 2. The lowest BCUT2D eigenvalue weighted by Crippen LogP contribution is -2.11. The molecule has 0 bridgehead atoms. The van der Waals surface area contributed by atoms with E-state index in [0.29, 0.717) is 6.79 Å². The summed E-state index contributed by atoms with van der Waals surface area (Å²) in [4.78, 5) is 0. The quantitative estimate of drug-likeness (QED) is 0.524. The van der Waals surface area contributed by atoms with Crippen molar-refractivity contribution in [3.8, 4) is 5.75 Å². The Bertz CT molecular complexity index is 363. The van der Waals surface area contributed by atoms with Gasteiger partial charge in [0.15, 0.2) is 6.79 Å². The molecule has 0 aromatic heterocycles. The highest BCUT2D eigenvalue weighted by Gasteiger charge is 2.12. The van der Waals surface area contributed by atoms with Gasteiger partial charge in [0.1, 0.15) is 5.75 Å². The summed E-state index contributed by atoms with van der Waals surface area (Å²) in [7, 11) is 0. The van der Waals surface area contributed by atoms with Crippen LogP contribution in [0, 0.1) is 5.92 Å². The van der Waals surface area contributed by atoms with E-state index in [-0.39, 0.29) is 0 Å². The van der Waals surface area contributed by atoms with E-state index in [2.05, 4.69) is 6.58 Å². The number of hydrogen-bond donors (Lipinski definition) is 0. The minimum Gasteiger partial charge on any atom is -0.468 e. The molecule has 0 aliphatic heterocycles. The normalized spacial score (nSPS) is 16.2. The standard InChI is InChI=1S/C17H24O2/c1-2-15-8-10-17(11-9-15)19-14-18-13-12-16-6-4-3-5-7-16/h2,8-11,16H,1,3-7,12-14H2. The van der Waals surface area contributed by atoms with Crippen molar-refractivity contribution in [2.75, 3.05) is 13.4 Å². The van der Waals surface area contributed by atoms with Crippen molar-refractivity contribution in [2.45, 2.75) is 38.5 Å². The van der Waals surface area contributed by atoms with Crippen molar-refractivity contribution in [3.05, 3.63) is 36.4 Å². The van der Waals surface area contributed by atoms with Crippen molar-refractivity contribution in [2.24, 2.45) is 5.92 Å². The van der Waals surface area contributed by atoms with Crippen LogP contribution < -0.4 is 4.74 Å². The first-order valence-electron chi connectivity index (χ1n) is 7.31. The molecule has 0 saturated heterocycles. The van der Waals surface area contributed by atoms with E-state index in [1.807, 2.05) is 30.3 Å². The molecule has 0 amide bonds. The maximum atomic E-state index is 5.55. The van der Waals surface area contributed by atoms with Gasteiger partial charge in [-0.3, -0.25) is 0 Å². The highest BCUT2D eigenvalue weighted by molar-refractivity contribution is 5.48. The zero-order valence-electron chi connectivity index (χ0n) is 11.6. The third-order valence-corrected chi connectivity index (χ3v) is 3.82. The second-order valence-corrected chi connectivity index (χ2v) is 5.24. The minimum atomic E-state index is 0.347. The van der Waals surface area contributed by atoms with Crippen LogP contribution in [0.25, 0.3) is 6.08 Å². The molecule has 0 unspecified atom stereocenters. The van der Waals surface area contributed by atoms with E-state index in [1.165, 1.54) is 38.5 Å². The molecule has 1 aliphatic rings. The maximum Gasteiger partial charge on any atom is 0.189 e. The second-order valence-electron chi connectivity index (χ2n) is 5.24. The van der Waals surface area contributed by atoms with Crippen molar-refractivity contribution in [1.82, 2.24) is 0 Å². The van der Waals surface area contributed by atoms with Crippen LogP contribution in [0.2, 0.25) is 0 Å². The molecule has 1 aliphatic carbocycles. The molecular formula is C17H24O2. The molecule has 2 nitrogen and oxygen atoms in total. The molecule has 19 heavy (non-hydrogen) atoms. The summed E-state index contributed by atoms with van der Waals surface area (Å²) in [5.41, 5.74) is 1.10. The van der Waals surface area contributed by atoms with Crippen LogP contribution in [0.3, 0.4) is 0 Å². The monoisotopic (exact) mass is 260 g/mol. The van der Waals surface area contributed by atoms with E-state index < -0.39 is 0 Å². The van der Waals surface area contributed by atoms with Gasteiger partial charge in [-0.2, -0.15) is 0 Å². The summed E-state index contributed by atoms with van der Waals surface area (Å²) < 4.78 is 11.1. The van der Waals surface area contributed by atoms with Gasteiger partial charge < -0.3 is 9.47 Å². The van der Waals surface area contributed by atoms with Crippen LogP contribution in [0.15, 0.2) is 30.8 Å². The zero-order valence-corrected chi connectivity index (χ0v) is 11.6. The molecule has 2 heteroatoms. The smallest absolute Gasteiger partial charge is 0.189 e. The van der Waals surface area contributed by atoms with Crippen molar-refractivity contribution >= 4 is 6.08 Å². The Balaban J connectivity index is 1.56. The van der Waals surface area contributed by atoms with Crippen molar-refractivity contribution < 1.29 is 9.47 Å². The Morgan fingerprint density at radius 3 is 2.53 bits per heavy atom. The van der Waals surface area contributed by atoms with Crippen LogP contribution in [0.5, 0.6) is 5.75 Å². The number of benzene rings is 1. The molecule has 1 fully saturated rings. The lowest BCUT2D eigenvalue weighted by atomic mass is 9.87. The molecule has 0 radical (unpaired) electrons. The predicted molar refractivity (Wildman–Crippen MR) is 79.2 cm³/mol. The Labute approximate surface area is 116 Å². The lowest BCUT2D eigenvalue weighted by Gasteiger charge is -2.21. The molecule has 1 saturated carbocycles. The summed E-state index contributed by atoms with van der Waals surface area (Å²) in [6.07, 6.45) is 9.98. The third kappa shape index (κ3) is 5.07. The first-order valence-corrected chi connectivity index (χ1v) is 7.31.